The Morgan fingerprint density at radius 3 is 2.77 bits per heavy atom. The number of pyridine rings is 1. The van der Waals surface area contributed by atoms with Crippen LogP contribution in [-0.2, 0) is 16.1 Å². The van der Waals surface area contributed by atoms with E-state index in [2.05, 4.69) is 34.0 Å². The highest BCUT2D eigenvalue weighted by atomic mass is 16.6. The molecule has 2 aromatic rings. The molecule has 0 saturated carbocycles. The van der Waals surface area contributed by atoms with E-state index in [0.717, 1.165) is 85.2 Å². The van der Waals surface area contributed by atoms with Gasteiger partial charge in [-0.1, -0.05) is 18.7 Å². The molecule has 0 radical (unpaired) electrons. The lowest BCUT2D eigenvalue weighted by Gasteiger charge is -2.32. The molecule has 2 N–H and O–H groups in total. The molecule has 8 heteroatoms. The van der Waals surface area contributed by atoms with Gasteiger partial charge in [0, 0.05) is 30.8 Å². The molecule has 0 bridgehead atoms. The zero-order valence-electron chi connectivity index (χ0n) is 20.3. The molecule has 2 aliphatic heterocycles. The van der Waals surface area contributed by atoms with Gasteiger partial charge in [0.25, 0.3) is 0 Å². The molecule has 2 aliphatic rings. The molecule has 186 valence electrons. The van der Waals surface area contributed by atoms with E-state index in [4.69, 9.17) is 14.2 Å². The number of nitrogens with one attached hydrogen (secondary N) is 2. The van der Waals surface area contributed by atoms with Crippen molar-refractivity contribution in [3.63, 3.8) is 0 Å². The summed E-state index contributed by atoms with van der Waals surface area (Å²) in [5, 5.41) is 6.40. The summed E-state index contributed by atoms with van der Waals surface area (Å²) in [6, 6.07) is 10.1. The predicted octanol–water partition coefficient (Wildman–Crippen LogP) is 3.96. The van der Waals surface area contributed by atoms with E-state index in [1.165, 1.54) is 6.26 Å². The fourth-order valence-electron chi connectivity index (χ4n) is 4.48. The Hall–Kier alpha value is -3.36. The van der Waals surface area contributed by atoms with Gasteiger partial charge in [-0.15, -0.1) is 0 Å². The second kappa shape index (κ2) is 12.4. The molecule has 1 amide bonds. The number of hydrogen-bond donors (Lipinski definition) is 2. The van der Waals surface area contributed by atoms with Crippen molar-refractivity contribution in [3.8, 4) is 11.5 Å². The fourth-order valence-corrected chi connectivity index (χ4v) is 4.48. The van der Waals surface area contributed by atoms with E-state index in [-0.39, 0.29) is 0 Å². The number of hydrogen-bond acceptors (Lipinski definition) is 7. The Balaban J connectivity index is 1.27. The monoisotopic (exact) mass is 478 g/mol. The van der Waals surface area contributed by atoms with E-state index >= 15 is 0 Å². The Kier molecular flexibility index (Phi) is 8.75. The van der Waals surface area contributed by atoms with Crippen molar-refractivity contribution >= 4 is 17.9 Å². The number of ether oxygens (including phenoxy) is 3. The summed E-state index contributed by atoms with van der Waals surface area (Å²) in [6.07, 6.45) is 6.93. The largest absolute Gasteiger partial charge is 0.486 e. The maximum absolute atomic E-state index is 11.0. The minimum absolute atomic E-state index is 0.471. The average molecular weight is 479 g/mol. The topological polar surface area (TPSA) is 85.0 Å². The number of benzene rings is 1. The Morgan fingerprint density at radius 2 is 2.00 bits per heavy atom. The molecule has 0 aliphatic carbocycles. The molecular formula is C27H34N4O4. The summed E-state index contributed by atoms with van der Waals surface area (Å²) in [6.45, 7) is 10.7. The van der Waals surface area contributed by atoms with Gasteiger partial charge >= 0.3 is 0 Å². The van der Waals surface area contributed by atoms with E-state index < -0.39 is 0 Å². The number of fused-ring (bicyclic) bond motifs is 1. The number of rotatable bonds is 11. The van der Waals surface area contributed by atoms with Crippen molar-refractivity contribution in [2.45, 2.75) is 38.8 Å². The third kappa shape index (κ3) is 6.61. The van der Waals surface area contributed by atoms with Gasteiger partial charge in [0.2, 0.25) is 6.41 Å². The smallest absolute Gasteiger partial charge is 0.211 e. The van der Waals surface area contributed by atoms with Crippen LogP contribution in [-0.4, -0.2) is 55.2 Å². The molecule has 4 rings (SSSR count). The fraction of sp³-hybridized carbons (Fsp3) is 0.407. The van der Waals surface area contributed by atoms with E-state index in [1.54, 1.807) is 6.20 Å². The highest BCUT2D eigenvalue weighted by molar-refractivity contribution is 5.82. The normalized spacial score (nSPS) is 16.8. The van der Waals surface area contributed by atoms with Crippen LogP contribution >= 0.6 is 0 Å². The first-order chi connectivity index (χ1) is 17.2. The van der Waals surface area contributed by atoms with Gasteiger partial charge in [-0.05, 0) is 57.0 Å². The van der Waals surface area contributed by atoms with Crippen LogP contribution < -0.4 is 20.1 Å². The lowest BCUT2D eigenvalue weighted by atomic mass is 10.0. The first-order valence-electron chi connectivity index (χ1n) is 12.1. The van der Waals surface area contributed by atoms with Gasteiger partial charge < -0.3 is 29.7 Å². The van der Waals surface area contributed by atoms with Gasteiger partial charge in [0.1, 0.15) is 19.0 Å². The Morgan fingerprint density at radius 1 is 1.23 bits per heavy atom. The van der Waals surface area contributed by atoms with Crippen LogP contribution in [0.1, 0.15) is 37.4 Å². The van der Waals surface area contributed by atoms with E-state index in [1.807, 2.05) is 30.3 Å². The summed E-state index contributed by atoms with van der Waals surface area (Å²) < 4.78 is 17.0. The summed E-state index contributed by atoms with van der Waals surface area (Å²) in [7, 11) is 0. The van der Waals surface area contributed by atoms with Gasteiger partial charge in [-0.2, -0.15) is 0 Å². The quantitative estimate of drug-likeness (QED) is 0.374. The highest BCUT2D eigenvalue weighted by Crippen LogP contribution is 2.30. The van der Waals surface area contributed by atoms with Crippen LogP contribution in [0.3, 0.4) is 0 Å². The maximum atomic E-state index is 11.0. The van der Waals surface area contributed by atoms with Crippen LogP contribution in [0, 0.1) is 0 Å². The van der Waals surface area contributed by atoms with Crippen LogP contribution in [0.15, 0.2) is 54.9 Å². The van der Waals surface area contributed by atoms with Crippen molar-refractivity contribution in [2.24, 2.45) is 0 Å². The molecule has 1 aromatic carbocycles. The Labute approximate surface area is 207 Å². The SMILES string of the molecule is C=CO/C(=C(\C)CCN1CCC(NCc2cc3c(cn2)OCCO3)CC1)c1ccccc1NC=O. The predicted molar refractivity (Wildman–Crippen MR) is 136 cm³/mol. The molecular weight excluding hydrogens is 444 g/mol. The zero-order valence-corrected chi connectivity index (χ0v) is 20.3. The first kappa shape index (κ1) is 24.8. The van der Waals surface area contributed by atoms with Gasteiger partial charge in [0.15, 0.2) is 11.5 Å². The molecule has 1 saturated heterocycles. The minimum Gasteiger partial charge on any atom is -0.486 e. The van der Waals surface area contributed by atoms with Crippen LogP contribution in [0.25, 0.3) is 5.76 Å². The van der Waals surface area contributed by atoms with Gasteiger partial charge in [0.05, 0.1) is 23.8 Å². The van der Waals surface area contributed by atoms with Crippen LogP contribution in [0.5, 0.6) is 11.5 Å². The second-order valence-electron chi connectivity index (χ2n) is 8.77. The number of carbonyl (C=O) groups excluding carboxylic acids is 1. The first-order valence-corrected chi connectivity index (χ1v) is 12.1. The Bertz CT molecular complexity index is 1050. The lowest BCUT2D eigenvalue weighted by molar-refractivity contribution is -0.105. The van der Waals surface area contributed by atoms with Gasteiger partial charge in [-0.25, -0.2) is 0 Å². The average Bonchev–Trinajstić information content (AvgIpc) is 2.90. The molecule has 0 unspecified atom stereocenters. The summed E-state index contributed by atoms with van der Waals surface area (Å²) in [5.41, 5.74) is 3.66. The molecule has 8 nitrogen and oxygen atoms in total. The van der Waals surface area contributed by atoms with Crippen molar-refractivity contribution < 1.29 is 19.0 Å². The van der Waals surface area contributed by atoms with Crippen LogP contribution in [0.4, 0.5) is 5.69 Å². The number of aromatic nitrogens is 1. The third-order valence-corrected chi connectivity index (χ3v) is 6.42. The molecule has 0 spiro atoms. The van der Waals surface area contributed by atoms with Crippen molar-refractivity contribution in [1.82, 2.24) is 15.2 Å². The lowest BCUT2D eigenvalue weighted by Crippen LogP contribution is -2.42. The molecule has 0 atom stereocenters. The number of anilines is 1. The number of piperidine rings is 1. The highest BCUT2D eigenvalue weighted by Gasteiger charge is 2.20. The minimum atomic E-state index is 0.471. The van der Waals surface area contributed by atoms with Crippen LogP contribution in [0.2, 0.25) is 0 Å². The van der Waals surface area contributed by atoms with E-state index in [9.17, 15) is 4.79 Å². The molecule has 3 heterocycles. The third-order valence-electron chi connectivity index (χ3n) is 6.42. The number of amides is 1. The standard InChI is InChI=1S/C27H34N4O4/c1-3-33-27(23-6-4-5-7-24(23)30-19-32)20(2)8-11-31-12-9-21(10-13-31)28-17-22-16-25-26(18-29-22)35-15-14-34-25/h3-7,16,18-19,21,28H,1,8-15,17H2,2H3,(H,30,32)/b27-20+. The maximum Gasteiger partial charge on any atom is 0.211 e. The molecule has 1 aromatic heterocycles. The number of carbonyl (C=O) groups is 1. The number of nitrogens with zero attached hydrogens (tertiary/aromatic N) is 2. The summed E-state index contributed by atoms with van der Waals surface area (Å²) in [4.78, 5) is 18.0. The van der Waals surface area contributed by atoms with E-state index in [0.29, 0.717) is 25.7 Å². The van der Waals surface area contributed by atoms with Crippen molar-refractivity contribution in [3.05, 3.63) is 66.2 Å². The molecule has 1 fully saturated rings. The summed E-state index contributed by atoms with van der Waals surface area (Å²) >= 11 is 0. The van der Waals surface area contributed by atoms with Gasteiger partial charge in [-0.3, -0.25) is 9.78 Å². The summed E-state index contributed by atoms with van der Waals surface area (Å²) in [5.74, 6) is 2.25. The second-order valence-corrected chi connectivity index (χ2v) is 8.77. The van der Waals surface area contributed by atoms with Crippen molar-refractivity contribution in [1.29, 1.82) is 0 Å². The number of likely N-dealkylation sites (tertiary alicyclic amines) is 1. The van der Waals surface area contributed by atoms with Crippen molar-refractivity contribution in [2.75, 3.05) is 38.2 Å². The zero-order chi connectivity index (χ0) is 24.5. The molecule has 35 heavy (non-hydrogen) atoms. The number of para-hydroxylation sites is 1.